The van der Waals surface area contributed by atoms with E-state index < -0.39 is 0 Å². The van der Waals surface area contributed by atoms with Crippen molar-refractivity contribution in [3.63, 3.8) is 0 Å². The van der Waals surface area contributed by atoms with Crippen molar-refractivity contribution in [2.24, 2.45) is 0 Å². The minimum atomic E-state index is -0.321. The van der Waals surface area contributed by atoms with E-state index in [-0.39, 0.29) is 5.82 Å². The molecule has 0 fully saturated rings. The van der Waals surface area contributed by atoms with Crippen LogP contribution in [-0.2, 0) is 6.54 Å². The van der Waals surface area contributed by atoms with Crippen molar-refractivity contribution in [1.82, 2.24) is 9.97 Å². The van der Waals surface area contributed by atoms with E-state index in [4.69, 9.17) is 10.00 Å². The van der Waals surface area contributed by atoms with E-state index in [1.165, 1.54) is 24.3 Å². The molecule has 0 saturated carbocycles. The van der Waals surface area contributed by atoms with Crippen LogP contribution in [0.3, 0.4) is 0 Å². The third-order valence-electron chi connectivity index (χ3n) is 3.50. The third-order valence-corrected chi connectivity index (χ3v) is 3.50. The van der Waals surface area contributed by atoms with Gasteiger partial charge in [0.05, 0.1) is 11.6 Å². The van der Waals surface area contributed by atoms with E-state index in [9.17, 15) is 4.39 Å². The van der Waals surface area contributed by atoms with Crippen LogP contribution in [0.4, 0.5) is 10.3 Å². The molecule has 0 N–H and O–H groups in total. The highest BCUT2D eigenvalue weighted by atomic mass is 19.1. The summed E-state index contributed by atoms with van der Waals surface area (Å²) in [7, 11) is 1.87. The summed E-state index contributed by atoms with van der Waals surface area (Å²) in [5, 5.41) is 8.84. The molecular weight excluding hydrogens is 319 g/mol. The Morgan fingerprint density at radius 2 is 1.80 bits per heavy atom. The summed E-state index contributed by atoms with van der Waals surface area (Å²) >= 11 is 0. The van der Waals surface area contributed by atoms with Crippen LogP contribution in [0.1, 0.15) is 11.1 Å². The molecule has 6 heteroatoms. The van der Waals surface area contributed by atoms with Gasteiger partial charge in [0.25, 0.3) is 0 Å². The first-order valence-corrected chi connectivity index (χ1v) is 7.61. The standard InChI is InChI=1S/C19H15FN4O/c1-24(13-15-4-2-14(12-21)3-5-15)19-22-11-10-18(23-19)25-17-8-6-16(20)7-9-17/h2-11H,13H2,1H3. The van der Waals surface area contributed by atoms with E-state index in [1.54, 1.807) is 24.4 Å². The number of hydrogen-bond donors (Lipinski definition) is 0. The highest BCUT2D eigenvalue weighted by Gasteiger charge is 2.08. The molecule has 3 rings (SSSR count). The fourth-order valence-electron chi connectivity index (χ4n) is 2.23. The number of halogens is 1. The van der Waals surface area contributed by atoms with Gasteiger partial charge in [0.1, 0.15) is 11.6 Å². The highest BCUT2D eigenvalue weighted by Crippen LogP contribution is 2.21. The zero-order chi connectivity index (χ0) is 17.6. The zero-order valence-corrected chi connectivity index (χ0v) is 13.6. The first-order valence-electron chi connectivity index (χ1n) is 7.61. The zero-order valence-electron chi connectivity index (χ0n) is 13.6. The second-order valence-corrected chi connectivity index (χ2v) is 5.42. The third kappa shape index (κ3) is 4.30. The van der Waals surface area contributed by atoms with Crippen LogP contribution in [0.15, 0.2) is 60.8 Å². The predicted molar refractivity (Wildman–Crippen MR) is 91.8 cm³/mol. The largest absolute Gasteiger partial charge is 0.439 e. The Hall–Kier alpha value is -3.46. The molecule has 1 heterocycles. The molecule has 0 aliphatic carbocycles. The van der Waals surface area contributed by atoms with Gasteiger partial charge >= 0.3 is 0 Å². The van der Waals surface area contributed by atoms with Gasteiger partial charge in [0.15, 0.2) is 0 Å². The Balaban J connectivity index is 1.71. The van der Waals surface area contributed by atoms with Crippen molar-refractivity contribution in [1.29, 1.82) is 5.26 Å². The second kappa shape index (κ2) is 7.41. The van der Waals surface area contributed by atoms with Gasteiger partial charge < -0.3 is 9.64 Å². The normalized spacial score (nSPS) is 10.1. The highest BCUT2D eigenvalue weighted by molar-refractivity contribution is 5.37. The molecule has 0 unspecified atom stereocenters. The SMILES string of the molecule is CN(Cc1ccc(C#N)cc1)c1nccc(Oc2ccc(F)cc2)n1. The van der Waals surface area contributed by atoms with Gasteiger partial charge in [0, 0.05) is 25.9 Å². The van der Waals surface area contributed by atoms with Crippen molar-refractivity contribution in [2.75, 3.05) is 11.9 Å². The van der Waals surface area contributed by atoms with Crippen LogP contribution in [-0.4, -0.2) is 17.0 Å². The minimum Gasteiger partial charge on any atom is -0.439 e. The molecule has 0 amide bonds. The number of nitrogens with zero attached hydrogens (tertiary/aromatic N) is 4. The van der Waals surface area contributed by atoms with Gasteiger partial charge in [-0.25, -0.2) is 9.37 Å². The van der Waals surface area contributed by atoms with Crippen molar-refractivity contribution < 1.29 is 9.13 Å². The lowest BCUT2D eigenvalue weighted by Gasteiger charge is -2.17. The van der Waals surface area contributed by atoms with Crippen LogP contribution >= 0.6 is 0 Å². The number of anilines is 1. The topological polar surface area (TPSA) is 62.0 Å². The van der Waals surface area contributed by atoms with E-state index in [1.807, 2.05) is 24.1 Å². The van der Waals surface area contributed by atoms with Gasteiger partial charge in [0.2, 0.25) is 11.8 Å². The summed E-state index contributed by atoms with van der Waals surface area (Å²) < 4.78 is 18.6. The van der Waals surface area contributed by atoms with E-state index >= 15 is 0 Å². The van der Waals surface area contributed by atoms with Crippen molar-refractivity contribution in [2.45, 2.75) is 6.54 Å². The Labute approximate surface area is 145 Å². The first kappa shape index (κ1) is 16.4. The van der Waals surface area contributed by atoms with Gasteiger partial charge in [-0.05, 0) is 42.0 Å². The Bertz CT molecular complexity index is 889. The number of ether oxygens (including phenoxy) is 1. The van der Waals surface area contributed by atoms with Crippen LogP contribution in [0.5, 0.6) is 11.6 Å². The number of benzene rings is 2. The molecule has 0 bridgehead atoms. The monoisotopic (exact) mass is 334 g/mol. The van der Waals surface area contributed by atoms with Crippen molar-refractivity contribution in [3.8, 4) is 17.7 Å². The van der Waals surface area contributed by atoms with Crippen LogP contribution in [0.2, 0.25) is 0 Å². The minimum absolute atomic E-state index is 0.321. The molecular formula is C19H15FN4O. The molecule has 3 aromatic rings. The maximum atomic E-state index is 12.9. The molecule has 0 atom stereocenters. The molecule has 5 nitrogen and oxygen atoms in total. The molecule has 0 spiro atoms. The summed E-state index contributed by atoms with van der Waals surface area (Å²) in [6, 6.07) is 16.8. The lowest BCUT2D eigenvalue weighted by molar-refractivity contribution is 0.459. The smallest absolute Gasteiger partial charge is 0.228 e. The van der Waals surface area contributed by atoms with E-state index in [0.717, 1.165) is 5.56 Å². The molecule has 0 aliphatic heterocycles. The summed E-state index contributed by atoms with van der Waals surface area (Å²) in [4.78, 5) is 10.5. The summed E-state index contributed by atoms with van der Waals surface area (Å²) in [6.45, 7) is 0.589. The van der Waals surface area contributed by atoms with Crippen molar-refractivity contribution in [3.05, 3.63) is 77.7 Å². The molecule has 0 radical (unpaired) electrons. The van der Waals surface area contributed by atoms with E-state index in [0.29, 0.717) is 29.7 Å². The summed E-state index contributed by atoms with van der Waals surface area (Å²) in [6.07, 6.45) is 1.61. The maximum Gasteiger partial charge on any atom is 0.228 e. The average molecular weight is 334 g/mol. The second-order valence-electron chi connectivity index (χ2n) is 5.42. The molecule has 1 aromatic heterocycles. The number of nitriles is 1. The van der Waals surface area contributed by atoms with Crippen LogP contribution in [0, 0.1) is 17.1 Å². The molecule has 0 saturated heterocycles. The fraction of sp³-hybridized carbons (Fsp3) is 0.105. The predicted octanol–water partition coefficient (Wildman–Crippen LogP) is 3.92. The lowest BCUT2D eigenvalue weighted by atomic mass is 10.1. The quantitative estimate of drug-likeness (QED) is 0.708. The van der Waals surface area contributed by atoms with Gasteiger partial charge in [-0.3, -0.25) is 0 Å². The van der Waals surface area contributed by atoms with Crippen molar-refractivity contribution >= 4 is 5.95 Å². The van der Waals surface area contributed by atoms with E-state index in [2.05, 4.69) is 16.0 Å². The Kier molecular flexibility index (Phi) is 4.86. The van der Waals surface area contributed by atoms with Crippen LogP contribution in [0.25, 0.3) is 0 Å². The summed E-state index contributed by atoms with van der Waals surface area (Å²) in [5.74, 6) is 1.06. The first-order chi connectivity index (χ1) is 12.1. The Morgan fingerprint density at radius 1 is 1.08 bits per heavy atom. The average Bonchev–Trinajstić information content (AvgIpc) is 2.64. The molecule has 2 aromatic carbocycles. The Morgan fingerprint density at radius 3 is 2.48 bits per heavy atom. The van der Waals surface area contributed by atoms with Gasteiger partial charge in [-0.2, -0.15) is 10.2 Å². The number of aromatic nitrogens is 2. The fourth-order valence-corrected chi connectivity index (χ4v) is 2.23. The lowest BCUT2D eigenvalue weighted by Crippen LogP contribution is -2.19. The number of hydrogen-bond acceptors (Lipinski definition) is 5. The molecule has 25 heavy (non-hydrogen) atoms. The number of rotatable bonds is 5. The summed E-state index contributed by atoms with van der Waals surface area (Å²) in [5.41, 5.74) is 1.66. The maximum absolute atomic E-state index is 12.9. The molecule has 0 aliphatic rings. The van der Waals surface area contributed by atoms with Gasteiger partial charge in [-0.15, -0.1) is 0 Å². The van der Waals surface area contributed by atoms with Crippen LogP contribution < -0.4 is 9.64 Å². The van der Waals surface area contributed by atoms with Gasteiger partial charge in [-0.1, -0.05) is 12.1 Å². The molecule has 124 valence electrons.